The van der Waals surface area contributed by atoms with Crippen molar-refractivity contribution in [3.05, 3.63) is 28.8 Å². The van der Waals surface area contributed by atoms with Gasteiger partial charge in [-0.1, -0.05) is 6.07 Å². The maximum atomic E-state index is 12.0. The van der Waals surface area contributed by atoms with Crippen LogP contribution in [0.15, 0.2) is 12.1 Å². The van der Waals surface area contributed by atoms with Gasteiger partial charge in [0.05, 0.1) is 6.54 Å². The van der Waals surface area contributed by atoms with Gasteiger partial charge in [-0.2, -0.15) is 13.2 Å². The van der Waals surface area contributed by atoms with Gasteiger partial charge in [0.15, 0.2) is 6.10 Å². The Labute approximate surface area is 131 Å². The zero-order valence-corrected chi connectivity index (χ0v) is 12.7. The van der Waals surface area contributed by atoms with Crippen molar-refractivity contribution in [1.82, 2.24) is 10.6 Å². The highest BCUT2D eigenvalue weighted by atomic mass is 19.4. The number of carbonyl (C=O) groups is 2. The topological polar surface area (TPSA) is 67.4 Å². The first-order valence-electron chi connectivity index (χ1n) is 7.03. The van der Waals surface area contributed by atoms with Crippen LogP contribution in [0.4, 0.5) is 13.2 Å². The molecule has 2 N–H and O–H groups in total. The summed E-state index contributed by atoms with van der Waals surface area (Å²) in [5.74, 6) is -0.814. The third-order valence-electron chi connectivity index (χ3n) is 3.55. The molecule has 2 rings (SSSR count). The van der Waals surface area contributed by atoms with E-state index in [2.05, 4.69) is 5.32 Å². The van der Waals surface area contributed by atoms with Crippen molar-refractivity contribution in [3.8, 4) is 5.75 Å². The number of nitrogens with one attached hydrogen (secondary N) is 2. The molecular weight excluding hydrogens is 313 g/mol. The van der Waals surface area contributed by atoms with Crippen LogP contribution < -0.4 is 15.4 Å². The van der Waals surface area contributed by atoms with Crippen LogP contribution >= 0.6 is 0 Å². The second-order valence-corrected chi connectivity index (χ2v) is 5.46. The number of alkyl halides is 3. The second-order valence-electron chi connectivity index (χ2n) is 5.46. The molecule has 1 heterocycles. The summed E-state index contributed by atoms with van der Waals surface area (Å²) in [5, 5.41) is 3.96. The van der Waals surface area contributed by atoms with E-state index in [4.69, 9.17) is 4.74 Å². The molecule has 0 radical (unpaired) electrons. The van der Waals surface area contributed by atoms with Crippen LogP contribution in [0.1, 0.15) is 16.7 Å². The number of halogens is 3. The van der Waals surface area contributed by atoms with Crippen LogP contribution in [0.5, 0.6) is 5.75 Å². The predicted molar refractivity (Wildman–Crippen MR) is 76.1 cm³/mol. The van der Waals surface area contributed by atoms with Gasteiger partial charge in [-0.15, -0.1) is 0 Å². The molecule has 1 aromatic carbocycles. The molecule has 0 aliphatic carbocycles. The molecule has 0 saturated heterocycles. The molecule has 8 heteroatoms. The van der Waals surface area contributed by atoms with Crippen molar-refractivity contribution in [2.24, 2.45) is 0 Å². The van der Waals surface area contributed by atoms with Gasteiger partial charge in [-0.05, 0) is 36.6 Å². The molecule has 0 saturated carbocycles. The van der Waals surface area contributed by atoms with Crippen molar-refractivity contribution in [3.63, 3.8) is 0 Å². The lowest BCUT2D eigenvalue weighted by Gasteiger charge is -2.12. The third-order valence-corrected chi connectivity index (χ3v) is 3.55. The molecule has 0 spiro atoms. The normalized spacial score (nSPS) is 16.5. The van der Waals surface area contributed by atoms with Crippen molar-refractivity contribution < 1.29 is 27.5 Å². The molecule has 5 nitrogen and oxygen atoms in total. The lowest BCUT2D eigenvalue weighted by Crippen LogP contribution is -2.44. The van der Waals surface area contributed by atoms with E-state index in [1.807, 2.05) is 26.0 Å². The fourth-order valence-electron chi connectivity index (χ4n) is 2.20. The quantitative estimate of drug-likeness (QED) is 0.877. The minimum atomic E-state index is -4.48. The van der Waals surface area contributed by atoms with Crippen LogP contribution in [0.25, 0.3) is 0 Å². The van der Waals surface area contributed by atoms with Crippen LogP contribution in [-0.2, 0) is 16.0 Å². The minimum absolute atomic E-state index is 0.368. The highest BCUT2D eigenvalue weighted by Crippen LogP contribution is 2.31. The maximum Gasteiger partial charge on any atom is 0.405 e. The van der Waals surface area contributed by atoms with E-state index in [1.54, 1.807) is 5.32 Å². The first-order valence-corrected chi connectivity index (χ1v) is 7.03. The molecule has 0 unspecified atom stereocenters. The van der Waals surface area contributed by atoms with Gasteiger partial charge in [-0.3, -0.25) is 9.59 Å². The fraction of sp³-hybridized carbons (Fsp3) is 0.467. The smallest absolute Gasteiger partial charge is 0.405 e. The Hall–Kier alpha value is -2.25. The van der Waals surface area contributed by atoms with Crippen molar-refractivity contribution in [2.45, 2.75) is 32.5 Å². The Kier molecular flexibility index (Phi) is 4.82. The number of amides is 2. The van der Waals surface area contributed by atoms with E-state index in [0.29, 0.717) is 12.2 Å². The molecule has 1 aromatic rings. The Morgan fingerprint density at radius 2 is 1.87 bits per heavy atom. The lowest BCUT2D eigenvalue weighted by atomic mass is 10.0. The zero-order valence-electron chi connectivity index (χ0n) is 12.7. The number of carbonyl (C=O) groups excluding carboxylic acids is 2. The average molecular weight is 330 g/mol. The second kappa shape index (κ2) is 6.47. The third kappa shape index (κ3) is 4.61. The zero-order chi connectivity index (χ0) is 17.2. The SMILES string of the molecule is Cc1cc2c(cc1C)O[C@@H](C(=O)NCC(=O)NCC(F)(F)F)C2. The molecule has 0 bridgehead atoms. The molecule has 1 aliphatic heterocycles. The Morgan fingerprint density at radius 3 is 2.52 bits per heavy atom. The van der Waals surface area contributed by atoms with Gasteiger partial charge in [0.25, 0.3) is 5.91 Å². The summed E-state index contributed by atoms with van der Waals surface area (Å²) in [6, 6.07) is 3.78. The maximum absolute atomic E-state index is 12.0. The van der Waals surface area contributed by atoms with Crippen molar-refractivity contribution >= 4 is 11.8 Å². The van der Waals surface area contributed by atoms with Gasteiger partial charge in [0, 0.05) is 6.42 Å². The van der Waals surface area contributed by atoms with E-state index < -0.39 is 37.2 Å². The number of aryl methyl sites for hydroxylation is 2. The van der Waals surface area contributed by atoms with Gasteiger partial charge < -0.3 is 15.4 Å². The fourth-order valence-corrected chi connectivity index (χ4v) is 2.20. The van der Waals surface area contributed by atoms with Gasteiger partial charge in [0.1, 0.15) is 12.3 Å². The molecule has 1 atom stereocenters. The summed E-state index contributed by atoms with van der Waals surface area (Å²) in [7, 11) is 0. The first kappa shape index (κ1) is 17.1. The van der Waals surface area contributed by atoms with Gasteiger partial charge >= 0.3 is 6.18 Å². The van der Waals surface area contributed by atoms with Crippen LogP contribution in [0.3, 0.4) is 0 Å². The van der Waals surface area contributed by atoms with Crippen LogP contribution in [0.2, 0.25) is 0 Å². The van der Waals surface area contributed by atoms with E-state index in [1.165, 1.54) is 0 Å². The molecule has 0 fully saturated rings. The van der Waals surface area contributed by atoms with Crippen molar-refractivity contribution in [2.75, 3.05) is 13.1 Å². The highest BCUT2D eigenvalue weighted by Gasteiger charge is 2.30. The van der Waals surface area contributed by atoms with Crippen LogP contribution in [0, 0.1) is 13.8 Å². The number of hydrogen-bond donors (Lipinski definition) is 2. The number of fused-ring (bicyclic) bond motifs is 1. The van der Waals surface area contributed by atoms with E-state index in [9.17, 15) is 22.8 Å². The summed E-state index contributed by atoms with van der Waals surface area (Å²) in [6.07, 6.45) is -4.89. The monoisotopic (exact) mass is 330 g/mol. The molecular formula is C15H17F3N2O3. The van der Waals surface area contributed by atoms with Gasteiger partial charge in [0.2, 0.25) is 5.91 Å². The Morgan fingerprint density at radius 1 is 1.22 bits per heavy atom. The summed E-state index contributed by atoms with van der Waals surface area (Å²) in [4.78, 5) is 23.2. The average Bonchev–Trinajstić information content (AvgIpc) is 2.85. The number of ether oxygens (including phenoxy) is 1. The number of rotatable bonds is 4. The molecule has 0 aromatic heterocycles. The Balaban J connectivity index is 1.83. The first-order chi connectivity index (χ1) is 10.7. The molecule has 2 amide bonds. The summed E-state index contributed by atoms with van der Waals surface area (Å²) in [6.45, 7) is 1.93. The number of hydrogen-bond acceptors (Lipinski definition) is 3. The summed E-state index contributed by atoms with van der Waals surface area (Å²) >= 11 is 0. The van der Waals surface area contributed by atoms with Crippen molar-refractivity contribution in [1.29, 1.82) is 0 Å². The van der Waals surface area contributed by atoms with Crippen LogP contribution in [-0.4, -0.2) is 37.2 Å². The van der Waals surface area contributed by atoms with E-state index in [-0.39, 0.29) is 0 Å². The Bertz CT molecular complexity index is 598. The van der Waals surface area contributed by atoms with E-state index >= 15 is 0 Å². The summed E-state index contributed by atoms with van der Waals surface area (Å²) in [5.41, 5.74) is 3.02. The largest absolute Gasteiger partial charge is 0.480 e. The highest BCUT2D eigenvalue weighted by molar-refractivity contribution is 5.87. The summed E-state index contributed by atoms with van der Waals surface area (Å²) < 4.78 is 41.4. The molecule has 126 valence electrons. The molecule has 23 heavy (non-hydrogen) atoms. The predicted octanol–water partition coefficient (Wildman–Crippen LogP) is 1.40. The lowest BCUT2D eigenvalue weighted by molar-refractivity contribution is -0.139. The molecule has 1 aliphatic rings. The number of benzene rings is 1. The minimum Gasteiger partial charge on any atom is -0.480 e. The standard InChI is InChI=1S/C15H17F3N2O3/c1-8-3-10-5-12(23-11(10)4-9(8)2)14(22)19-6-13(21)20-7-15(16,17)18/h3-4,12H,5-7H2,1-2H3,(H,19,22)(H,20,21)/t12-/m1/s1. The van der Waals surface area contributed by atoms with E-state index in [0.717, 1.165) is 16.7 Å². The van der Waals surface area contributed by atoms with Gasteiger partial charge in [-0.25, -0.2) is 0 Å².